The molecule has 6 fully saturated rings. The Hall–Kier alpha value is -3.14. The maximum absolute atomic E-state index is 12.7. The summed E-state index contributed by atoms with van der Waals surface area (Å²) in [5.74, 6) is 0. The van der Waals surface area contributed by atoms with Crippen molar-refractivity contribution in [2.75, 3.05) is 19.8 Å². The normalized spacial score (nSPS) is 29.4. The zero-order valence-electron chi connectivity index (χ0n) is 63.4. The number of epoxide rings is 3. The number of hydrogen-bond donors (Lipinski definition) is 3. The Morgan fingerprint density at radius 1 is 0.323 bits per heavy atom. The van der Waals surface area contributed by atoms with Gasteiger partial charge in [0, 0.05) is 36.8 Å². The van der Waals surface area contributed by atoms with Gasteiger partial charge in [-0.15, -0.1) is 0 Å². The quantitative estimate of drug-likeness (QED) is 0.0788. The summed E-state index contributed by atoms with van der Waals surface area (Å²) in [4.78, 5) is 80.1. The highest BCUT2D eigenvalue weighted by atomic mass is 28.4. The van der Waals surface area contributed by atoms with Crippen LogP contribution < -0.4 is 33.7 Å². The van der Waals surface area contributed by atoms with Gasteiger partial charge in [-0.1, -0.05) is 125 Å². The van der Waals surface area contributed by atoms with Crippen molar-refractivity contribution < 1.29 is 55.0 Å². The first kappa shape index (κ1) is 80.2. The highest BCUT2D eigenvalue weighted by Crippen LogP contribution is 2.51. The van der Waals surface area contributed by atoms with Crippen molar-refractivity contribution in [1.29, 1.82) is 0 Å². The predicted molar refractivity (Wildman–Crippen MR) is 387 cm³/mol. The lowest BCUT2D eigenvalue weighted by Gasteiger charge is -2.44. The van der Waals surface area contributed by atoms with Crippen molar-refractivity contribution >= 4 is 49.9 Å². The van der Waals surface area contributed by atoms with E-state index in [0.29, 0.717) is 19.8 Å². The number of rotatable bonds is 18. The molecule has 9 rings (SSSR count). The molecule has 3 aromatic rings. The molecule has 6 saturated heterocycles. The summed E-state index contributed by atoms with van der Waals surface area (Å²) in [6, 6.07) is 4.00. The molecule has 24 nitrogen and oxygen atoms in total. The fourth-order valence-corrected chi connectivity index (χ4v) is 17.8. The number of ether oxygens (including phenoxy) is 6. The van der Waals surface area contributed by atoms with Gasteiger partial charge < -0.3 is 55.0 Å². The van der Waals surface area contributed by atoms with Crippen LogP contribution in [0.2, 0.25) is 109 Å². The molecule has 0 aromatic carbocycles. The van der Waals surface area contributed by atoms with Crippen LogP contribution in [0.4, 0.5) is 0 Å². The van der Waals surface area contributed by atoms with E-state index in [4.69, 9.17) is 55.0 Å². The molecule has 0 amide bonds. The van der Waals surface area contributed by atoms with Crippen LogP contribution in [0.25, 0.3) is 0 Å². The summed E-state index contributed by atoms with van der Waals surface area (Å²) in [6.45, 7) is 67.6. The first-order valence-corrected chi connectivity index (χ1v) is 51.6. The highest BCUT2D eigenvalue weighted by molar-refractivity contribution is 6.76. The zero-order chi connectivity index (χ0) is 72.8. The van der Waals surface area contributed by atoms with Crippen molar-refractivity contribution in [1.82, 2.24) is 28.7 Å². The second kappa shape index (κ2) is 27.9. The summed E-state index contributed by atoms with van der Waals surface area (Å²) < 4.78 is 81.9. The third kappa shape index (κ3) is 18.2. The Morgan fingerprint density at radius 3 is 0.635 bits per heavy atom. The van der Waals surface area contributed by atoms with Crippen LogP contribution in [0.1, 0.15) is 143 Å². The molecule has 3 aromatic heterocycles. The van der Waals surface area contributed by atoms with Crippen LogP contribution in [-0.4, -0.2) is 172 Å². The number of aromatic amines is 3. The van der Waals surface area contributed by atoms with E-state index in [1.807, 2.05) is 0 Å². The van der Waals surface area contributed by atoms with Crippen LogP contribution in [0, 0.1) is 0 Å². The number of aromatic nitrogens is 6. The minimum atomic E-state index is -2.25. The van der Waals surface area contributed by atoms with Crippen LogP contribution >= 0.6 is 0 Å². The van der Waals surface area contributed by atoms with Gasteiger partial charge in [-0.05, 0) is 109 Å². The summed E-state index contributed by atoms with van der Waals surface area (Å²) in [7, 11) is -13.3. The third-order valence-electron chi connectivity index (χ3n) is 22.6. The average Bonchev–Trinajstić information content (AvgIpc) is 1.61. The van der Waals surface area contributed by atoms with E-state index < -0.39 is 121 Å². The van der Waals surface area contributed by atoms with Crippen molar-refractivity contribution in [3.63, 3.8) is 0 Å². The summed E-state index contributed by atoms with van der Waals surface area (Å²) in [5.41, 5.74) is -2.88. The minimum Gasteiger partial charge on any atom is -0.408 e. The van der Waals surface area contributed by atoms with Crippen molar-refractivity contribution in [3.8, 4) is 0 Å². The van der Waals surface area contributed by atoms with Gasteiger partial charge in [0.15, 0.2) is 68.6 Å². The monoisotopic (exact) mass is 1450 g/mol. The molecule has 9 heterocycles. The van der Waals surface area contributed by atoms with E-state index in [1.54, 1.807) is 0 Å². The molecule has 0 radical (unpaired) electrons. The summed E-state index contributed by atoms with van der Waals surface area (Å²) in [5, 5.41) is -0.126. The van der Waals surface area contributed by atoms with Crippen LogP contribution in [0.15, 0.2) is 65.6 Å². The van der Waals surface area contributed by atoms with Crippen molar-refractivity contribution in [2.45, 2.75) is 325 Å². The number of nitrogens with one attached hydrogen (secondary N) is 3. The molecular formula is C66H120N6O18Si6. The fourth-order valence-electron chi connectivity index (χ4n) is 10.1. The number of hydrogen-bond acceptors (Lipinski definition) is 18. The molecule has 3 N–H and O–H groups in total. The molecule has 0 saturated carbocycles. The average molecular weight is 1450 g/mol. The molecule has 96 heavy (non-hydrogen) atoms. The molecule has 15 atom stereocenters. The third-order valence-corrected chi connectivity index (χ3v) is 49.5. The van der Waals surface area contributed by atoms with Gasteiger partial charge in [-0.2, -0.15) is 0 Å². The molecule has 6 aliphatic rings. The summed E-state index contributed by atoms with van der Waals surface area (Å²) >= 11 is 0. The maximum Gasteiger partial charge on any atom is 0.330 e. The van der Waals surface area contributed by atoms with Crippen LogP contribution in [-0.2, 0) is 55.0 Å². The molecule has 0 aliphatic carbocycles. The Balaban J connectivity index is 0.000000203. The largest absolute Gasteiger partial charge is 0.408 e. The van der Waals surface area contributed by atoms with E-state index in [2.05, 4.69) is 218 Å². The second-order valence-electron chi connectivity index (χ2n) is 36.2. The molecule has 6 aliphatic heterocycles. The Morgan fingerprint density at radius 2 is 0.490 bits per heavy atom. The molecule has 546 valence electrons. The van der Waals surface area contributed by atoms with E-state index >= 15 is 0 Å². The van der Waals surface area contributed by atoms with Gasteiger partial charge in [0.1, 0.15) is 73.2 Å². The highest BCUT2D eigenvalue weighted by Gasteiger charge is 2.62. The maximum atomic E-state index is 12.7. The predicted octanol–water partition coefficient (Wildman–Crippen LogP) is 10.8. The summed E-state index contributed by atoms with van der Waals surface area (Å²) in [6.07, 6.45) is -1.59. The Kier molecular flexibility index (Phi) is 23.3. The first-order valence-electron chi connectivity index (χ1n) is 34.2. The SMILES string of the molecule is CC(C)(C)[Si](C)(C)O[C@H]1[C@H]([C@H]2CO2)O[C@H](n2ccc(=O)[nH]c2=O)[C@H]1O[Si](C)(C)C(C)(C)C.CC(C)(C)[Si](C)(C)O[C@H]1[C@H]([C@H]2CO2)O[C@H](n2ccc(=O)[nH]c2=O)[C@H]1O[Si](C)(C)C(C)(C)C.CC(C)(C)[Si](C)(C)O[C@H]1[C@H]([C@H]2CO2)O[C@H](n2ccc(=O)[nH]c2=O)[C@H]1O[Si](C)(C)C(C)(C)C. The lowest BCUT2D eigenvalue weighted by molar-refractivity contribution is -0.0442. The van der Waals surface area contributed by atoms with E-state index in [-0.39, 0.29) is 85.2 Å². The van der Waals surface area contributed by atoms with E-state index in [9.17, 15) is 28.8 Å². The standard InChI is InChI=1S/3C22H40N2O6Si2/c3*1-21(2,3)31(7,8)29-17-16(14-13-27-14)28-19(24-12-11-15(25)23-20(24)26)18(17)30-32(9,10)22(4,5)6/h3*11-12,14,16-19H,13H2,1-10H3,(H,23,25,26)/t3*14-,16+,17+,18+,19+/m111/s1. The molecular weight excluding hydrogens is 1330 g/mol. The molecule has 0 bridgehead atoms. The van der Waals surface area contributed by atoms with Gasteiger partial charge in [-0.25, -0.2) is 14.4 Å². The van der Waals surface area contributed by atoms with Crippen molar-refractivity contribution in [3.05, 3.63) is 99.3 Å². The molecule has 0 spiro atoms. The molecule has 30 heteroatoms. The van der Waals surface area contributed by atoms with Gasteiger partial charge in [0.25, 0.3) is 16.7 Å². The van der Waals surface area contributed by atoms with Gasteiger partial charge in [0.2, 0.25) is 0 Å². The molecule has 0 unspecified atom stereocenters. The van der Waals surface area contributed by atoms with E-state index in [0.717, 1.165) is 0 Å². The lowest BCUT2D eigenvalue weighted by Crippen LogP contribution is -2.54. The first-order chi connectivity index (χ1) is 43.3. The second-order valence-corrected chi connectivity index (χ2v) is 64.7. The smallest absolute Gasteiger partial charge is 0.330 e. The topological polar surface area (TPSA) is 285 Å². The van der Waals surface area contributed by atoms with Gasteiger partial charge in [-0.3, -0.25) is 43.0 Å². The van der Waals surface area contributed by atoms with Crippen LogP contribution in [0.5, 0.6) is 0 Å². The van der Waals surface area contributed by atoms with Crippen LogP contribution in [0.3, 0.4) is 0 Å². The number of H-pyrrole nitrogens is 3. The van der Waals surface area contributed by atoms with Crippen molar-refractivity contribution in [2.24, 2.45) is 0 Å². The Bertz CT molecular complexity index is 3180. The zero-order valence-corrected chi connectivity index (χ0v) is 69.4. The number of nitrogens with zero attached hydrogens (tertiary/aromatic N) is 3. The van der Waals surface area contributed by atoms with Gasteiger partial charge >= 0.3 is 17.1 Å². The van der Waals surface area contributed by atoms with E-state index in [1.165, 1.54) is 50.5 Å². The lowest BCUT2D eigenvalue weighted by atomic mass is 10.1. The van der Waals surface area contributed by atoms with Gasteiger partial charge in [0.05, 0.1) is 19.8 Å². The Labute approximate surface area is 575 Å². The minimum absolute atomic E-state index is 0.00358. The fraction of sp³-hybridized carbons (Fsp3) is 0.818.